The third-order valence-corrected chi connectivity index (χ3v) is 3.15. The third kappa shape index (κ3) is 1.43. The quantitative estimate of drug-likeness (QED) is 0.728. The Kier molecular flexibility index (Phi) is 2.24. The van der Waals surface area contributed by atoms with Crippen LogP contribution in [0.15, 0.2) is 30.5 Å². The Balaban J connectivity index is 2.20. The normalized spacial score (nSPS) is 15.9. The van der Waals surface area contributed by atoms with E-state index in [2.05, 4.69) is 9.88 Å². The summed E-state index contributed by atoms with van der Waals surface area (Å²) >= 11 is 0. The standard InChI is InChI=1S/C13H13FN2/c14-11-5-3-4-10-12(6-7-15-13(10)11)16-8-1-2-9-16/h3-7H,1-2,8-9H2. The van der Waals surface area contributed by atoms with Crippen LogP contribution in [-0.2, 0) is 0 Å². The average Bonchev–Trinajstić information content (AvgIpc) is 2.82. The molecular formula is C13H13FN2. The van der Waals surface area contributed by atoms with Gasteiger partial charge in [-0.1, -0.05) is 12.1 Å². The Bertz CT molecular complexity index is 518. The molecule has 0 amide bonds. The Hall–Kier alpha value is -1.64. The first kappa shape index (κ1) is 9.58. The predicted octanol–water partition coefficient (Wildman–Crippen LogP) is 2.97. The minimum absolute atomic E-state index is 0.237. The molecule has 2 heterocycles. The highest BCUT2D eigenvalue weighted by Gasteiger charge is 2.15. The second kappa shape index (κ2) is 3.74. The van der Waals surface area contributed by atoms with Gasteiger partial charge in [0.15, 0.2) is 0 Å². The van der Waals surface area contributed by atoms with E-state index >= 15 is 0 Å². The van der Waals surface area contributed by atoms with E-state index in [1.807, 2.05) is 12.1 Å². The number of rotatable bonds is 1. The van der Waals surface area contributed by atoms with Gasteiger partial charge in [-0.15, -0.1) is 0 Å². The Morgan fingerprint density at radius 3 is 2.75 bits per heavy atom. The topological polar surface area (TPSA) is 16.1 Å². The minimum atomic E-state index is -0.237. The molecule has 1 fully saturated rings. The molecule has 2 aromatic rings. The van der Waals surface area contributed by atoms with Crippen LogP contribution >= 0.6 is 0 Å². The zero-order valence-electron chi connectivity index (χ0n) is 8.99. The molecule has 0 radical (unpaired) electrons. The number of halogens is 1. The highest BCUT2D eigenvalue weighted by atomic mass is 19.1. The van der Waals surface area contributed by atoms with Crippen molar-refractivity contribution >= 4 is 16.6 Å². The molecule has 0 unspecified atom stereocenters. The molecule has 0 bridgehead atoms. The van der Waals surface area contributed by atoms with Crippen molar-refractivity contribution in [1.82, 2.24) is 4.98 Å². The van der Waals surface area contributed by atoms with Crippen LogP contribution in [0.2, 0.25) is 0 Å². The van der Waals surface area contributed by atoms with E-state index in [0.29, 0.717) is 5.52 Å². The van der Waals surface area contributed by atoms with E-state index in [0.717, 1.165) is 24.2 Å². The molecule has 1 aliphatic rings. The maximum Gasteiger partial charge on any atom is 0.149 e. The molecule has 82 valence electrons. The first-order chi connectivity index (χ1) is 7.86. The summed E-state index contributed by atoms with van der Waals surface area (Å²) in [6.07, 6.45) is 4.14. The fourth-order valence-corrected chi connectivity index (χ4v) is 2.36. The van der Waals surface area contributed by atoms with Gasteiger partial charge in [-0.2, -0.15) is 0 Å². The van der Waals surface area contributed by atoms with Crippen molar-refractivity contribution in [1.29, 1.82) is 0 Å². The number of benzene rings is 1. The smallest absolute Gasteiger partial charge is 0.149 e. The van der Waals surface area contributed by atoms with Gasteiger partial charge in [-0.05, 0) is 25.0 Å². The van der Waals surface area contributed by atoms with Crippen LogP contribution in [0.5, 0.6) is 0 Å². The highest BCUT2D eigenvalue weighted by molar-refractivity contribution is 5.91. The molecule has 0 saturated carbocycles. The molecule has 0 spiro atoms. The third-order valence-electron chi connectivity index (χ3n) is 3.15. The Labute approximate surface area is 93.7 Å². The van der Waals surface area contributed by atoms with Crippen molar-refractivity contribution in [3.05, 3.63) is 36.3 Å². The molecule has 1 saturated heterocycles. The zero-order chi connectivity index (χ0) is 11.0. The molecule has 0 N–H and O–H groups in total. The number of hydrogen-bond donors (Lipinski definition) is 0. The summed E-state index contributed by atoms with van der Waals surface area (Å²) in [5.74, 6) is -0.237. The Morgan fingerprint density at radius 1 is 1.12 bits per heavy atom. The lowest BCUT2D eigenvalue weighted by molar-refractivity contribution is 0.637. The minimum Gasteiger partial charge on any atom is -0.371 e. The predicted molar refractivity (Wildman–Crippen MR) is 63.1 cm³/mol. The highest BCUT2D eigenvalue weighted by Crippen LogP contribution is 2.28. The summed E-state index contributed by atoms with van der Waals surface area (Å²) in [6.45, 7) is 2.13. The van der Waals surface area contributed by atoms with Gasteiger partial charge in [0, 0.05) is 30.4 Å². The summed E-state index contributed by atoms with van der Waals surface area (Å²) in [4.78, 5) is 6.42. The molecule has 1 aliphatic heterocycles. The summed E-state index contributed by atoms with van der Waals surface area (Å²) in [5.41, 5.74) is 1.59. The maximum atomic E-state index is 13.6. The molecular weight excluding hydrogens is 203 g/mol. The summed E-state index contributed by atoms with van der Waals surface area (Å²) < 4.78 is 13.6. The molecule has 1 aromatic heterocycles. The van der Waals surface area contributed by atoms with Gasteiger partial charge in [-0.25, -0.2) is 4.39 Å². The summed E-state index contributed by atoms with van der Waals surface area (Å²) in [6, 6.07) is 7.13. The van der Waals surface area contributed by atoms with Crippen LogP contribution < -0.4 is 4.90 Å². The zero-order valence-corrected chi connectivity index (χ0v) is 8.99. The van der Waals surface area contributed by atoms with E-state index in [1.165, 1.54) is 18.9 Å². The lowest BCUT2D eigenvalue weighted by atomic mass is 10.1. The monoisotopic (exact) mass is 216 g/mol. The van der Waals surface area contributed by atoms with Crippen LogP contribution in [0.25, 0.3) is 10.9 Å². The molecule has 0 atom stereocenters. The second-order valence-corrected chi connectivity index (χ2v) is 4.16. The van der Waals surface area contributed by atoms with Crippen molar-refractivity contribution in [3.8, 4) is 0 Å². The van der Waals surface area contributed by atoms with E-state index in [-0.39, 0.29) is 5.82 Å². The second-order valence-electron chi connectivity index (χ2n) is 4.16. The van der Waals surface area contributed by atoms with Crippen molar-refractivity contribution in [2.45, 2.75) is 12.8 Å². The fraction of sp³-hybridized carbons (Fsp3) is 0.308. The van der Waals surface area contributed by atoms with E-state index in [1.54, 1.807) is 12.3 Å². The molecule has 0 aliphatic carbocycles. The van der Waals surface area contributed by atoms with Gasteiger partial charge in [0.2, 0.25) is 0 Å². The summed E-state index contributed by atoms with van der Waals surface area (Å²) in [7, 11) is 0. The lowest BCUT2D eigenvalue weighted by Gasteiger charge is -2.19. The number of aromatic nitrogens is 1. The number of fused-ring (bicyclic) bond motifs is 1. The molecule has 3 rings (SSSR count). The number of para-hydroxylation sites is 1. The fourth-order valence-electron chi connectivity index (χ4n) is 2.36. The van der Waals surface area contributed by atoms with E-state index in [9.17, 15) is 4.39 Å². The van der Waals surface area contributed by atoms with Crippen LogP contribution in [0.3, 0.4) is 0 Å². The van der Waals surface area contributed by atoms with Gasteiger partial charge < -0.3 is 4.90 Å². The van der Waals surface area contributed by atoms with Gasteiger partial charge in [0.1, 0.15) is 11.3 Å². The molecule has 2 nitrogen and oxygen atoms in total. The van der Waals surface area contributed by atoms with Crippen LogP contribution in [-0.4, -0.2) is 18.1 Å². The largest absolute Gasteiger partial charge is 0.371 e. The van der Waals surface area contributed by atoms with Gasteiger partial charge in [-0.3, -0.25) is 4.98 Å². The van der Waals surface area contributed by atoms with Crippen LogP contribution in [0.4, 0.5) is 10.1 Å². The van der Waals surface area contributed by atoms with Crippen LogP contribution in [0.1, 0.15) is 12.8 Å². The molecule has 1 aromatic carbocycles. The first-order valence-corrected chi connectivity index (χ1v) is 5.64. The van der Waals surface area contributed by atoms with Crippen LogP contribution in [0, 0.1) is 5.82 Å². The van der Waals surface area contributed by atoms with Crippen molar-refractivity contribution in [2.75, 3.05) is 18.0 Å². The van der Waals surface area contributed by atoms with Gasteiger partial charge in [0.25, 0.3) is 0 Å². The average molecular weight is 216 g/mol. The van der Waals surface area contributed by atoms with Gasteiger partial charge in [0.05, 0.1) is 0 Å². The SMILES string of the molecule is Fc1cccc2c(N3CCCC3)ccnc12. The van der Waals surface area contributed by atoms with Crippen molar-refractivity contribution in [3.63, 3.8) is 0 Å². The molecule has 3 heteroatoms. The number of nitrogens with zero attached hydrogens (tertiary/aromatic N) is 2. The summed E-state index contributed by atoms with van der Waals surface area (Å²) in [5, 5.41) is 0.921. The molecule has 16 heavy (non-hydrogen) atoms. The van der Waals surface area contributed by atoms with Gasteiger partial charge >= 0.3 is 0 Å². The Morgan fingerprint density at radius 2 is 1.94 bits per heavy atom. The number of hydrogen-bond acceptors (Lipinski definition) is 2. The first-order valence-electron chi connectivity index (χ1n) is 5.64. The maximum absolute atomic E-state index is 13.6. The number of pyridine rings is 1. The van der Waals surface area contributed by atoms with Crippen molar-refractivity contribution in [2.24, 2.45) is 0 Å². The lowest BCUT2D eigenvalue weighted by Crippen LogP contribution is -2.17. The number of anilines is 1. The van der Waals surface area contributed by atoms with Crippen molar-refractivity contribution < 1.29 is 4.39 Å². The van der Waals surface area contributed by atoms with E-state index < -0.39 is 0 Å². The van der Waals surface area contributed by atoms with E-state index in [4.69, 9.17) is 0 Å².